The molecule has 1 N–H and O–H groups in total. The molecule has 3 unspecified atom stereocenters. The molecule has 0 saturated carbocycles. The second-order valence-corrected chi connectivity index (χ2v) is 8.05. The fourth-order valence-corrected chi connectivity index (χ4v) is 4.73. The molecule has 26 heavy (non-hydrogen) atoms. The molecule has 1 aromatic rings. The molecule has 0 spiro atoms. The maximum absolute atomic E-state index is 13.1. The average Bonchev–Trinajstić information content (AvgIpc) is 2.92. The van der Waals surface area contributed by atoms with Crippen LogP contribution in [0.5, 0.6) is 0 Å². The van der Waals surface area contributed by atoms with Crippen molar-refractivity contribution in [1.82, 2.24) is 9.80 Å². The molecule has 4 rings (SSSR count). The number of piperidine rings is 1. The van der Waals surface area contributed by atoms with Gasteiger partial charge in [-0.15, -0.1) is 0 Å². The van der Waals surface area contributed by atoms with Crippen LogP contribution in [0.2, 0.25) is 0 Å². The normalized spacial score (nSPS) is 28.9. The molecule has 0 radical (unpaired) electrons. The van der Waals surface area contributed by atoms with E-state index in [0.717, 1.165) is 37.8 Å². The van der Waals surface area contributed by atoms with E-state index in [2.05, 4.69) is 59.5 Å². The first-order valence-electron chi connectivity index (χ1n) is 9.71. The second kappa shape index (κ2) is 6.92. The zero-order chi connectivity index (χ0) is 18.3. The van der Waals surface area contributed by atoms with Crippen molar-refractivity contribution in [3.8, 4) is 0 Å². The number of aliphatic hydroxyl groups is 1. The summed E-state index contributed by atoms with van der Waals surface area (Å²) in [7, 11) is 2.07. The van der Waals surface area contributed by atoms with E-state index in [-0.39, 0.29) is 30.0 Å². The summed E-state index contributed by atoms with van der Waals surface area (Å²) in [5, 5.41) is 9.97. The number of hydrogen-bond donors (Lipinski definition) is 1. The van der Waals surface area contributed by atoms with E-state index in [1.54, 1.807) is 0 Å². The first-order valence-corrected chi connectivity index (χ1v) is 9.71. The number of allylic oxidation sites excluding steroid dienone is 2. The van der Waals surface area contributed by atoms with Gasteiger partial charge in [-0.2, -0.15) is 0 Å². The SMILES string of the molecule is CC(C(=O)N1C2CCC1CC(O)C2)c1ccc(C2=CC=CN(C)C2)cc1. The third-order valence-electron chi connectivity index (χ3n) is 6.17. The monoisotopic (exact) mass is 352 g/mol. The minimum absolute atomic E-state index is 0.134. The molecule has 4 heteroatoms. The van der Waals surface area contributed by atoms with Gasteiger partial charge in [-0.05, 0) is 61.6 Å². The summed E-state index contributed by atoms with van der Waals surface area (Å²) in [6.45, 7) is 2.92. The fraction of sp³-hybridized carbons (Fsp3) is 0.500. The van der Waals surface area contributed by atoms with Crippen LogP contribution in [0.1, 0.15) is 49.7 Å². The Hall–Kier alpha value is -2.07. The second-order valence-electron chi connectivity index (χ2n) is 8.05. The maximum atomic E-state index is 13.1. The molecule has 4 nitrogen and oxygen atoms in total. The smallest absolute Gasteiger partial charge is 0.230 e. The van der Waals surface area contributed by atoms with Gasteiger partial charge in [-0.25, -0.2) is 0 Å². The summed E-state index contributed by atoms with van der Waals surface area (Å²) in [4.78, 5) is 17.4. The van der Waals surface area contributed by atoms with E-state index in [1.807, 2.05) is 6.92 Å². The standard InChI is InChI=1S/C22H28N2O2/c1-15(22(26)24-19-9-10-20(24)13-21(25)12-19)16-5-7-17(8-6-16)18-4-3-11-23(2)14-18/h3-8,11,15,19-21,25H,9-10,12-14H2,1-2H3. The molecular weight excluding hydrogens is 324 g/mol. The van der Waals surface area contributed by atoms with Crippen LogP contribution < -0.4 is 0 Å². The first kappa shape index (κ1) is 17.3. The van der Waals surface area contributed by atoms with E-state index < -0.39 is 0 Å². The number of likely N-dealkylation sites (N-methyl/N-ethyl adjacent to an activating group) is 1. The lowest BCUT2D eigenvalue weighted by Gasteiger charge is -2.38. The molecule has 0 aliphatic carbocycles. The molecule has 3 atom stereocenters. The molecule has 0 aromatic heterocycles. The fourth-order valence-electron chi connectivity index (χ4n) is 4.73. The summed E-state index contributed by atoms with van der Waals surface area (Å²) in [5.74, 6) is 0.0852. The molecule has 3 heterocycles. The highest BCUT2D eigenvalue weighted by Gasteiger charge is 2.43. The summed E-state index contributed by atoms with van der Waals surface area (Å²) >= 11 is 0. The van der Waals surface area contributed by atoms with Gasteiger partial charge in [0.05, 0.1) is 12.0 Å². The minimum atomic E-state index is -0.234. The molecule has 1 amide bonds. The largest absolute Gasteiger partial charge is 0.393 e. The predicted octanol–water partition coefficient (Wildman–Crippen LogP) is 3.15. The molecule has 2 bridgehead atoms. The molecule has 3 aliphatic heterocycles. The van der Waals surface area contributed by atoms with Gasteiger partial charge in [0.2, 0.25) is 5.91 Å². The number of hydrogen-bond acceptors (Lipinski definition) is 3. The molecular formula is C22H28N2O2. The minimum Gasteiger partial charge on any atom is -0.393 e. The Morgan fingerprint density at radius 2 is 1.81 bits per heavy atom. The Kier molecular flexibility index (Phi) is 4.62. The van der Waals surface area contributed by atoms with E-state index >= 15 is 0 Å². The van der Waals surface area contributed by atoms with Gasteiger partial charge in [0.1, 0.15) is 0 Å². The van der Waals surface area contributed by atoms with E-state index in [9.17, 15) is 9.90 Å². The highest BCUT2D eigenvalue weighted by molar-refractivity contribution is 5.84. The van der Waals surface area contributed by atoms with Gasteiger partial charge in [-0.3, -0.25) is 4.79 Å². The number of carbonyl (C=O) groups excluding carboxylic acids is 1. The van der Waals surface area contributed by atoms with Gasteiger partial charge >= 0.3 is 0 Å². The molecule has 3 aliphatic rings. The van der Waals surface area contributed by atoms with Gasteiger partial charge in [0, 0.05) is 25.7 Å². The number of nitrogens with zero attached hydrogens (tertiary/aromatic N) is 2. The van der Waals surface area contributed by atoms with Crippen LogP contribution in [0.3, 0.4) is 0 Å². The van der Waals surface area contributed by atoms with Crippen molar-refractivity contribution in [2.24, 2.45) is 0 Å². The van der Waals surface area contributed by atoms with Crippen molar-refractivity contribution in [3.05, 3.63) is 53.7 Å². The first-order chi connectivity index (χ1) is 12.5. The van der Waals surface area contributed by atoms with Crippen molar-refractivity contribution in [3.63, 3.8) is 0 Å². The number of amides is 1. The van der Waals surface area contributed by atoms with Crippen LogP contribution in [-0.2, 0) is 4.79 Å². The van der Waals surface area contributed by atoms with Crippen LogP contribution in [0, 0.1) is 0 Å². The van der Waals surface area contributed by atoms with Gasteiger partial charge < -0.3 is 14.9 Å². The highest BCUT2D eigenvalue weighted by atomic mass is 16.3. The highest BCUT2D eigenvalue weighted by Crippen LogP contribution is 2.38. The average molecular weight is 352 g/mol. The number of rotatable bonds is 3. The van der Waals surface area contributed by atoms with Crippen LogP contribution in [-0.4, -0.2) is 52.6 Å². The van der Waals surface area contributed by atoms with Crippen molar-refractivity contribution >= 4 is 11.5 Å². The lowest BCUT2D eigenvalue weighted by molar-refractivity contribution is -0.138. The van der Waals surface area contributed by atoms with E-state index in [1.165, 1.54) is 11.1 Å². The summed E-state index contributed by atoms with van der Waals surface area (Å²) in [6.07, 6.45) is 9.61. The Bertz CT molecular complexity index is 723. The Labute approximate surface area is 155 Å². The van der Waals surface area contributed by atoms with Crippen LogP contribution in [0.15, 0.2) is 42.6 Å². The van der Waals surface area contributed by atoms with Gasteiger partial charge in [0.15, 0.2) is 0 Å². The van der Waals surface area contributed by atoms with Crippen LogP contribution >= 0.6 is 0 Å². The quantitative estimate of drug-likeness (QED) is 0.909. The van der Waals surface area contributed by atoms with E-state index in [4.69, 9.17) is 0 Å². The maximum Gasteiger partial charge on any atom is 0.230 e. The van der Waals surface area contributed by atoms with Crippen molar-refractivity contribution in [2.75, 3.05) is 13.6 Å². The molecule has 1 aromatic carbocycles. The number of fused-ring (bicyclic) bond motifs is 2. The van der Waals surface area contributed by atoms with Gasteiger partial charge in [0.25, 0.3) is 0 Å². The van der Waals surface area contributed by atoms with Gasteiger partial charge in [-0.1, -0.05) is 30.3 Å². The van der Waals surface area contributed by atoms with Crippen LogP contribution in [0.25, 0.3) is 5.57 Å². The third-order valence-corrected chi connectivity index (χ3v) is 6.17. The Balaban J connectivity index is 1.48. The number of benzene rings is 1. The summed E-state index contributed by atoms with van der Waals surface area (Å²) in [6, 6.07) is 8.91. The zero-order valence-corrected chi connectivity index (χ0v) is 15.6. The lowest BCUT2D eigenvalue weighted by atomic mass is 9.93. The number of aliphatic hydroxyl groups excluding tert-OH is 1. The summed E-state index contributed by atoms with van der Waals surface area (Å²) < 4.78 is 0. The summed E-state index contributed by atoms with van der Waals surface area (Å²) in [5.41, 5.74) is 3.58. The topological polar surface area (TPSA) is 43.8 Å². The lowest BCUT2D eigenvalue weighted by Crippen LogP contribution is -2.49. The van der Waals surface area contributed by atoms with Crippen molar-refractivity contribution in [1.29, 1.82) is 0 Å². The predicted molar refractivity (Wildman–Crippen MR) is 104 cm³/mol. The van der Waals surface area contributed by atoms with Crippen molar-refractivity contribution < 1.29 is 9.90 Å². The number of carbonyl (C=O) groups is 1. The Morgan fingerprint density at radius 1 is 1.15 bits per heavy atom. The Morgan fingerprint density at radius 3 is 2.42 bits per heavy atom. The third kappa shape index (κ3) is 3.18. The van der Waals surface area contributed by atoms with E-state index in [0.29, 0.717) is 0 Å². The molecule has 138 valence electrons. The zero-order valence-electron chi connectivity index (χ0n) is 15.6. The molecule has 2 fully saturated rings. The van der Waals surface area contributed by atoms with Crippen LogP contribution in [0.4, 0.5) is 0 Å². The molecule has 2 saturated heterocycles. The van der Waals surface area contributed by atoms with Crippen molar-refractivity contribution in [2.45, 2.75) is 56.7 Å².